The molecule has 29 heavy (non-hydrogen) atoms. The highest BCUT2D eigenvalue weighted by molar-refractivity contribution is 6.06. The van der Waals surface area contributed by atoms with E-state index in [1.54, 1.807) is 18.2 Å². The number of carboxylic acid groups (broad SMARTS) is 1. The minimum Gasteiger partial charge on any atom is -0.493 e. The molecule has 0 radical (unpaired) electrons. The van der Waals surface area contributed by atoms with E-state index in [0.29, 0.717) is 51.0 Å². The van der Waals surface area contributed by atoms with Gasteiger partial charge in [-0.2, -0.15) is 0 Å². The number of benzene rings is 2. The lowest BCUT2D eigenvalue weighted by atomic mass is 9.81. The van der Waals surface area contributed by atoms with Crippen molar-refractivity contribution in [1.29, 1.82) is 0 Å². The number of Topliss-reactive ketones (excluding diaryl/α,β-unsaturated/α-hetero) is 1. The van der Waals surface area contributed by atoms with Gasteiger partial charge in [-0.25, -0.2) is 0 Å². The summed E-state index contributed by atoms with van der Waals surface area (Å²) in [6, 6.07) is 5.06. The second-order valence-corrected chi connectivity index (χ2v) is 6.80. The fourth-order valence-electron chi connectivity index (χ4n) is 3.89. The Hall–Kier alpha value is -3.42. The number of carbonyl (C=O) groups excluding carboxylic acids is 1. The van der Waals surface area contributed by atoms with Crippen molar-refractivity contribution in [3.05, 3.63) is 29.3 Å². The van der Waals surface area contributed by atoms with Gasteiger partial charge in [0.1, 0.15) is 0 Å². The molecule has 1 aliphatic carbocycles. The maximum absolute atomic E-state index is 13.0. The average Bonchev–Trinajstić information content (AvgIpc) is 3.17. The zero-order valence-electron chi connectivity index (χ0n) is 16.2. The molecule has 2 aromatic rings. The first kappa shape index (κ1) is 18.9. The van der Waals surface area contributed by atoms with E-state index in [-0.39, 0.29) is 25.4 Å². The largest absolute Gasteiger partial charge is 0.493 e. The molecule has 1 N–H and O–H groups in total. The maximum atomic E-state index is 13.0. The van der Waals surface area contributed by atoms with Crippen LogP contribution in [0.2, 0.25) is 0 Å². The number of hydrogen-bond acceptors (Lipinski definition) is 7. The van der Waals surface area contributed by atoms with Crippen LogP contribution in [0.4, 0.5) is 0 Å². The molecule has 0 fully saturated rings. The van der Waals surface area contributed by atoms with Gasteiger partial charge in [0, 0.05) is 23.1 Å². The quantitative estimate of drug-likeness (QED) is 0.836. The minimum atomic E-state index is -1.04. The van der Waals surface area contributed by atoms with Crippen LogP contribution in [-0.2, 0) is 11.2 Å². The smallest absolute Gasteiger partial charge is 0.307 e. The molecule has 1 aliphatic heterocycles. The summed E-state index contributed by atoms with van der Waals surface area (Å²) in [7, 11) is 4.47. The van der Waals surface area contributed by atoms with Gasteiger partial charge in [0.2, 0.25) is 12.5 Å². The van der Waals surface area contributed by atoms with Crippen molar-refractivity contribution in [2.75, 3.05) is 28.1 Å². The number of hydrogen-bond donors (Lipinski definition) is 1. The number of aliphatic carboxylic acids is 1. The Morgan fingerprint density at radius 2 is 1.62 bits per heavy atom. The molecule has 0 aromatic heterocycles. The molecule has 8 nitrogen and oxygen atoms in total. The Labute approximate surface area is 166 Å². The molecule has 1 heterocycles. The van der Waals surface area contributed by atoms with E-state index in [2.05, 4.69) is 0 Å². The molecule has 4 rings (SSSR count). The molecule has 1 atom stereocenters. The number of carbonyl (C=O) groups is 2. The fourth-order valence-corrected chi connectivity index (χ4v) is 3.89. The highest BCUT2D eigenvalue weighted by Gasteiger charge is 2.34. The van der Waals surface area contributed by atoms with E-state index in [4.69, 9.17) is 23.7 Å². The zero-order chi connectivity index (χ0) is 20.7. The first-order valence-electron chi connectivity index (χ1n) is 9.00. The fraction of sp³-hybridized carbons (Fsp3) is 0.333. The van der Waals surface area contributed by atoms with Crippen molar-refractivity contribution < 1.29 is 38.4 Å². The second kappa shape index (κ2) is 7.20. The Kier molecular flexibility index (Phi) is 4.70. The molecule has 2 aliphatic rings. The van der Waals surface area contributed by atoms with Crippen LogP contribution >= 0.6 is 0 Å². The van der Waals surface area contributed by atoms with E-state index < -0.39 is 11.9 Å². The van der Waals surface area contributed by atoms with E-state index in [9.17, 15) is 14.7 Å². The first-order chi connectivity index (χ1) is 14.0. The van der Waals surface area contributed by atoms with E-state index in [1.807, 2.05) is 0 Å². The van der Waals surface area contributed by atoms with Gasteiger partial charge in [-0.05, 0) is 30.2 Å². The topological polar surface area (TPSA) is 101 Å². The number of fused-ring (bicyclic) bond motifs is 4. The van der Waals surface area contributed by atoms with Crippen molar-refractivity contribution >= 4 is 11.8 Å². The summed E-state index contributed by atoms with van der Waals surface area (Å²) in [4.78, 5) is 24.8. The lowest BCUT2D eigenvalue weighted by molar-refractivity contribution is -0.141. The Balaban J connectivity index is 2.08. The highest BCUT2D eigenvalue weighted by atomic mass is 16.7. The van der Waals surface area contributed by atoms with Crippen LogP contribution in [0.15, 0.2) is 18.2 Å². The lowest BCUT2D eigenvalue weighted by Gasteiger charge is -2.25. The summed E-state index contributed by atoms with van der Waals surface area (Å²) < 4.78 is 27.5. The predicted molar refractivity (Wildman–Crippen MR) is 101 cm³/mol. The molecule has 0 spiro atoms. The van der Waals surface area contributed by atoms with Crippen LogP contribution in [0.25, 0.3) is 11.1 Å². The molecule has 1 unspecified atom stereocenters. The van der Waals surface area contributed by atoms with Crippen molar-refractivity contribution in [2.45, 2.75) is 12.8 Å². The molecule has 0 bridgehead atoms. The summed E-state index contributed by atoms with van der Waals surface area (Å²) in [6.45, 7) is 0.0556. The molecular weight excluding hydrogens is 380 g/mol. The van der Waals surface area contributed by atoms with Crippen molar-refractivity contribution in [3.63, 3.8) is 0 Å². The highest BCUT2D eigenvalue weighted by Crippen LogP contribution is 2.51. The van der Waals surface area contributed by atoms with Crippen LogP contribution < -0.4 is 23.7 Å². The molecule has 152 valence electrons. The average molecular weight is 400 g/mol. The van der Waals surface area contributed by atoms with Crippen molar-refractivity contribution in [2.24, 2.45) is 5.92 Å². The van der Waals surface area contributed by atoms with Gasteiger partial charge in [-0.1, -0.05) is 0 Å². The van der Waals surface area contributed by atoms with E-state index >= 15 is 0 Å². The van der Waals surface area contributed by atoms with Crippen LogP contribution in [0, 0.1) is 5.92 Å². The summed E-state index contributed by atoms with van der Waals surface area (Å²) in [5.41, 5.74) is 2.19. The molecule has 8 heteroatoms. The van der Waals surface area contributed by atoms with Gasteiger partial charge >= 0.3 is 5.97 Å². The van der Waals surface area contributed by atoms with Gasteiger partial charge in [0.15, 0.2) is 28.8 Å². The molecule has 0 amide bonds. The summed E-state index contributed by atoms with van der Waals surface area (Å²) in [6.07, 6.45) is 0.0130. The van der Waals surface area contributed by atoms with Crippen LogP contribution in [-0.4, -0.2) is 45.0 Å². The summed E-state index contributed by atoms with van der Waals surface area (Å²) >= 11 is 0. The van der Waals surface area contributed by atoms with E-state index in [0.717, 1.165) is 0 Å². The number of ether oxygens (including phenoxy) is 5. The normalized spacial score (nSPS) is 16.9. The lowest BCUT2D eigenvalue weighted by Crippen LogP contribution is -2.23. The van der Waals surface area contributed by atoms with Gasteiger partial charge in [-0.3, -0.25) is 9.59 Å². The number of rotatable bonds is 4. The molecule has 2 aromatic carbocycles. The number of methoxy groups -OCH3 is 3. The third-order valence-corrected chi connectivity index (χ3v) is 5.24. The van der Waals surface area contributed by atoms with Gasteiger partial charge < -0.3 is 28.8 Å². The Morgan fingerprint density at radius 1 is 0.966 bits per heavy atom. The Morgan fingerprint density at radius 3 is 2.21 bits per heavy atom. The number of ketones is 1. The summed E-state index contributed by atoms with van der Waals surface area (Å²) in [5.74, 6) is -0.113. The zero-order valence-corrected chi connectivity index (χ0v) is 16.2. The van der Waals surface area contributed by atoms with E-state index in [1.165, 1.54) is 21.3 Å². The molecule has 0 saturated carbocycles. The first-order valence-corrected chi connectivity index (χ1v) is 9.00. The standard InChI is InChI=1S/C21H20O8/c1-25-17-6-10-4-11(21(23)24)5-14(22)12-7-15-16(29-9-28-15)8-13(12)18(10)20(27-3)19(17)26-2/h6-8,11H,4-5,9H2,1-3H3,(H,23,24). The number of carboxylic acids is 1. The van der Waals surface area contributed by atoms with Gasteiger partial charge in [0.05, 0.1) is 27.2 Å². The summed E-state index contributed by atoms with van der Waals surface area (Å²) in [5, 5.41) is 9.67. The van der Waals surface area contributed by atoms with Gasteiger partial charge in [0.25, 0.3) is 0 Å². The Bertz CT molecular complexity index is 1010. The van der Waals surface area contributed by atoms with Crippen LogP contribution in [0.3, 0.4) is 0 Å². The second-order valence-electron chi connectivity index (χ2n) is 6.80. The maximum Gasteiger partial charge on any atom is 0.307 e. The third kappa shape index (κ3) is 3.00. The predicted octanol–water partition coefficient (Wildman–Crippen LogP) is 2.94. The van der Waals surface area contributed by atoms with Crippen LogP contribution in [0.5, 0.6) is 28.7 Å². The van der Waals surface area contributed by atoms with Crippen LogP contribution in [0.1, 0.15) is 22.3 Å². The van der Waals surface area contributed by atoms with Gasteiger partial charge in [-0.15, -0.1) is 0 Å². The van der Waals surface area contributed by atoms with Crippen molar-refractivity contribution in [1.82, 2.24) is 0 Å². The SMILES string of the molecule is COc1cc2c(c(OC)c1OC)-c1cc3c(cc1C(=O)CC(C(=O)O)C2)OCO3. The third-order valence-electron chi connectivity index (χ3n) is 5.24. The van der Waals surface area contributed by atoms with Crippen molar-refractivity contribution in [3.8, 4) is 39.9 Å². The molecule has 0 saturated heterocycles. The molecular formula is C21H20O8. The monoisotopic (exact) mass is 400 g/mol. The minimum absolute atomic E-state index is 0.0556.